The van der Waals surface area contributed by atoms with Crippen molar-refractivity contribution in [2.75, 3.05) is 13.7 Å². The predicted octanol–water partition coefficient (Wildman–Crippen LogP) is 4.69. The number of nitrogens with one attached hydrogen (secondary N) is 1. The molecule has 102 valence electrons. The van der Waals surface area contributed by atoms with Crippen LogP contribution in [0.2, 0.25) is 0 Å². The number of benzene rings is 1. The SMILES string of the molecule is CCCCCCOc1ccc(C(C)NC)cc1Br. The number of hydrogen-bond donors (Lipinski definition) is 1. The molecule has 0 aliphatic heterocycles. The number of ether oxygens (including phenoxy) is 1. The second-order valence-corrected chi connectivity index (χ2v) is 5.46. The molecule has 1 atom stereocenters. The first-order chi connectivity index (χ1) is 8.69. The first kappa shape index (κ1) is 15.5. The van der Waals surface area contributed by atoms with E-state index in [0.29, 0.717) is 6.04 Å². The molecular formula is C15H24BrNO. The normalized spacial score (nSPS) is 12.4. The molecule has 0 saturated heterocycles. The second kappa shape index (κ2) is 8.54. The van der Waals surface area contributed by atoms with Crippen molar-refractivity contribution in [3.05, 3.63) is 28.2 Å². The maximum absolute atomic E-state index is 5.78. The topological polar surface area (TPSA) is 21.3 Å². The van der Waals surface area contributed by atoms with E-state index < -0.39 is 0 Å². The summed E-state index contributed by atoms with van der Waals surface area (Å²) >= 11 is 3.57. The third-order valence-corrected chi connectivity index (χ3v) is 3.76. The van der Waals surface area contributed by atoms with Crippen LogP contribution in [0.1, 0.15) is 51.1 Å². The Morgan fingerprint density at radius 3 is 2.67 bits per heavy atom. The summed E-state index contributed by atoms with van der Waals surface area (Å²) in [6, 6.07) is 6.66. The Kier molecular flexibility index (Phi) is 7.36. The highest BCUT2D eigenvalue weighted by atomic mass is 79.9. The Morgan fingerprint density at radius 1 is 1.28 bits per heavy atom. The molecule has 0 amide bonds. The lowest BCUT2D eigenvalue weighted by atomic mass is 10.1. The lowest BCUT2D eigenvalue weighted by Gasteiger charge is -2.13. The van der Waals surface area contributed by atoms with E-state index in [-0.39, 0.29) is 0 Å². The summed E-state index contributed by atoms with van der Waals surface area (Å²) in [5, 5.41) is 3.23. The molecule has 0 aliphatic carbocycles. The van der Waals surface area contributed by atoms with E-state index in [4.69, 9.17) is 4.74 Å². The fourth-order valence-corrected chi connectivity index (χ4v) is 2.29. The van der Waals surface area contributed by atoms with Crippen molar-refractivity contribution in [2.45, 2.75) is 45.6 Å². The van der Waals surface area contributed by atoms with Gasteiger partial charge in [-0.2, -0.15) is 0 Å². The van der Waals surface area contributed by atoms with Crippen molar-refractivity contribution >= 4 is 15.9 Å². The molecule has 0 fully saturated rings. The third kappa shape index (κ3) is 4.99. The van der Waals surface area contributed by atoms with Gasteiger partial charge in [-0.1, -0.05) is 32.3 Å². The zero-order valence-corrected chi connectivity index (χ0v) is 13.2. The highest BCUT2D eigenvalue weighted by molar-refractivity contribution is 9.10. The van der Waals surface area contributed by atoms with Crippen LogP contribution >= 0.6 is 15.9 Å². The number of hydrogen-bond acceptors (Lipinski definition) is 2. The number of unbranched alkanes of at least 4 members (excludes halogenated alkanes) is 3. The number of rotatable bonds is 8. The summed E-state index contributed by atoms with van der Waals surface area (Å²) in [6.45, 7) is 5.17. The van der Waals surface area contributed by atoms with Crippen LogP contribution in [0.4, 0.5) is 0 Å². The molecule has 1 N–H and O–H groups in total. The molecular weight excluding hydrogens is 290 g/mol. The highest BCUT2D eigenvalue weighted by Crippen LogP contribution is 2.28. The summed E-state index contributed by atoms with van der Waals surface area (Å²) < 4.78 is 6.82. The standard InChI is InChI=1S/C15H24BrNO/c1-4-5-6-7-10-18-15-9-8-13(11-14(15)16)12(2)17-3/h8-9,11-12,17H,4-7,10H2,1-3H3. The summed E-state index contributed by atoms with van der Waals surface area (Å²) in [5.41, 5.74) is 1.27. The molecule has 0 aromatic heterocycles. The average molecular weight is 314 g/mol. The van der Waals surface area contributed by atoms with Crippen molar-refractivity contribution in [3.8, 4) is 5.75 Å². The average Bonchev–Trinajstić information content (AvgIpc) is 2.39. The molecule has 0 bridgehead atoms. The van der Waals surface area contributed by atoms with Gasteiger partial charge in [0.05, 0.1) is 11.1 Å². The van der Waals surface area contributed by atoms with Gasteiger partial charge in [0.15, 0.2) is 0 Å². The van der Waals surface area contributed by atoms with Gasteiger partial charge in [-0.3, -0.25) is 0 Å². The van der Waals surface area contributed by atoms with E-state index >= 15 is 0 Å². The van der Waals surface area contributed by atoms with Gasteiger partial charge in [0.2, 0.25) is 0 Å². The zero-order chi connectivity index (χ0) is 13.4. The predicted molar refractivity (Wildman–Crippen MR) is 81.3 cm³/mol. The second-order valence-electron chi connectivity index (χ2n) is 4.61. The molecule has 1 rings (SSSR count). The summed E-state index contributed by atoms with van der Waals surface area (Å²) in [5.74, 6) is 0.943. The van der Waals surface area contributed by atoms with Gasteiger partial charge >= 0.3 is 0 Å². The van der Waals surface area contributed by atoms with Crippen molar-refractivity contribution in [1.82, 2.24) is 5.32 Å². The lowest BCUT2D eigenvalue weighted by Crippen LogP contribution is -2.12. The molecule has 18 heavy (non-hydrogen) atoms. The fourth-order valence-electron chi connectivity index (χ4n) is 1.78. The minimum atomic E-state index is 0.361. The van der Waals surface area contributed by atoms with Crippen LogP contribution in [0.3, 0.4) is 0 Å². The molecule has 1 unspecified atom stereocenters. The van der Waals surface area contributed by atoms with Gasteiger partial charge in [0.1, 0.15) is 5.75 Å². The van der Waals surface area contributed by atoms with E-state index in [0.717, 1.165) is 23.2 Å². The molecule has 2 nitrogen and oxygen atoms in total. The van der Waals surface area contributed by atoms with Gasteiger partial charge in [-0.05, 0) is 54.0 Å². The highest BCUT2D eigenvalue weighted by Gasteiger charge is 2.06. The van der Waals surface area contributed by atoms with Gasteiger partial charge in [0.25, 0.3) is 0 Å². The summed E-state index contributed by atoms with van der Waals surface area (Å²) in [6.07, 6.45) is 4.95. The van der Waals surface area contributed by atoms with E-state index in [1.807, 2.05) is 13.1 Å². The van der Waals surface area contributed by atoms with Gasteiger partial charge in [0, 0.05) is 6.04 Å². The van der Waals surface area contributed by atoms with Crippen LogP contribution in [-0.2, 0) is 0 Å². The fraction of sp³-hybridized carbons (Fsp3) is 0.600. The van der Waals surface area contributed by atoms with Gasteiger partial charge in [-0.15, -0.1) is 0 Å². The maximum Gasteiger partial charge on any atom is 0.133 e. The molecule has 3 heteroatoms. The first-order valence-corrected chi connectivity index (χ1v) is 7.57. The van der Waals surface area contributed by atoms with E-state index in [9.17, 15) is 0 Å². The summed E-state index contributed by atoms with van der Waals surface area (Å²) in [4.78, 5) is 0. The Balaban J connectivity index is 2.47. The first-order valence-electron chi connectivity index (χ1n) is 6.78. The Bertz CT molecular complexity index is 354. The van der Waals surface area contributed by atoms with Crippen molar-refractivity contribution < 1.29 is 4.74 Å². The Morgan fingerprint density at radius 2 is 2.06 bits per heavy atom. The summed E-state index contributed by atoms with van der Waals surface area (Å²) in [7, 11) is 1.97. The van der Waals surface area contributed by atoms with Crippen molar-refractivity contribution in [1.29, 1.82) is 0 Å². The van der Waals surface area contributed by atoms with Gasteiger partial charge < -0.3 is 10.1 Å². The lowest BCUT2D eigenvalue weighted by molar-refractivity contribution is 0.303. The Hall–Kier alpha value is -0.540. The molecule has 0 radical (unpaired) electrons. The quantitative estimate of drug-likeness (QED) is 0.703. The van der Waals surface area contributed by atoms with Crippen molar-refractivity contribution in [3.63, 3.8) is 0 Å². The smallest absolute Gasteiger partial charge is 0.133 e. The molecule has 1 aromatic rings. The van der Waals surface area contributed by atoms with Crippen molar-refractivity contribution in [2.24, 2.45) is 0 Å². The van der Waals surface area contributed by atoms with Crippen LogP contribution in [0.25, 0.3) is 0 Å². The molecule has 1 aromatic carbocycles. The maximum atomic E-state index is 5.78. The van der Waals surface area contributed by atoms with Crippen LogP contribution in [0.5, 0.6) is 5.75 Å². The minimum absolute atomic E-state index is 0.361. The minimum Gasteiger partial charge on any atom is -0.492 e. The van der Waals surface area contributed by atoms with Crippen LogP contribution in [0.15, 0.2) is 22.7 Å². The largest absolute Gasteiger partial charge is 0.492 e. The van der Waals surface area contributed by atoms with E-state index in [2.05, 4.69) is 47.2 Å². The van der Waals surface area contributed by atoms with Gasteiger partial charge in [-0.25, -0.2) is 0 Å². The van der Waals surface area contributed by atoms with Crippen LogP contribution < -0.4 is 10.1 Å². The van der Waals surface area contributed by atoms with Crippen LogP contribution in [0, 0.1) is 0 Å². The molecule has 0 aliphatic rings. The zero-order valence-electron chi connectivity index (χ0n) is 11.6. The molecule has 0 heterocycles. The Labute approximate surface area is 119 Å². The molecule has 0 spiro atoms. The van der Waals surface area contributed by atoms with Crippen LogP contribution in [-0.4, -0.2) is 13.7 Å². The third-order valence-electron chi connectivity index (χ3n) is 3.14. The molecule has 0 saturated carbocycles. The monoisotopic (exact) mass is 313 g/mol. The van der Waals surface area contributed by atoms with E-state index in [1.54, 1.807) is 0 Å². The number of halogens is 1. The van der Waals surface area contributed by atoms with E-state index in [1.165, 1.54) is 24.8 Å².